The lowest BCUT2D eigenvalue weighted by atomic mass is 10.2. The standard InChI is InChI=1S/C11H24N2O3/c1-12-9(8-14)4-5-13-6-10(15-2)11(7-13)16-3/h9-12,14H,4-8H2,1-3H3. The molecule has 1 aliphatic rings. The van der Waals surface area contributed by atoms with Gasteiger partial charge in [0, 0.05) is 33.4 Å². The number of likely N-dealkylation sites (N-methyl/N-ethyl adjacent to an activating group) is 1. The molecule has 0 aromatic heterocycles. The van der Waals surface area contributed by atoms with Crippen LogP contribution in [0.1, 0.15) is 6.42 Å². The number of ether oxygens (including phenoxy) is 2. The van der Waals surface area contributed by atoms with E-state index in [1.54, 1.807) is 14.2 Å². The van der Waals surface area contributed by atoms with Gasteiger partial charge in [-0.3, -0.25) is 4.90 Å². The zero-order valence-corrected chi connectivity index (χ0v) is 10.5. The van der Waals surface area contributed by atoms with Gasteiger partial charge < -0.3 is 19.9 Å². The van der Waals surface area contributed by atoms with Crippen LogP contribution in [0.4, 0.5) is 0 Å². The maximum atomic E-state index is 9.07. The van der Waals surface area contributed by atoms with E-state index in [-0.39, 0.29) is 24.9 Å². The van der Waals surface area contributed by atoms with Crippen molar-refractivity contribution in [3.8, 4) is 0 Å². The Morgan fingerprint density at radius 2 is 1.88 bits per heavy atom. The number of hydrogen-bond donors (Lipinski definition) is 2. The van der Waals surface area contributed by atoms with E-state index in [1.165, 1.54) is 0 Å². The van der Waals surface area contributed by atoms with Gasteiger partial charge in [0.15, 0.2) is 0 Å². The molecule has 16 heavy (non-hydrogen) atoms. The van der Waals surface area contributed by atoms with Crippen LogP contribution in [0.25, 0.3) is 0 Å². The number of hydrogen-bond acceptors (Lipinski definition) is 5. The van der Waals surface area contributed by atoms with E-state index in [1.807, 2.05) is 7.05 Å². The molecule has 0 bridgehead atoms. The molecule has 0 aliphatic carbocycles. The van der Waals surface area contributed by atoms with E-state index < -0.39 is 0 Å². The molecule has 5 nitrogen and oxygen atoms in total. The number of aliphatic hydroxyl groups is 1. The predicted octanol–water partition coefficient (Wildman–Crippen LogP) is -0.698. The average Bonchev–Trinajstić information content (AvgIpc) is 2.73. The van der Waals surface area contributed by atoms with Crippen molar-refractivity contribution in [3.05, 3.63) is 0 Å². The van der Waals surface area contributed by atoms with Crippen molar-refractivity contribution in [1.82, 2.24) is 10.2 Å². The van der Waals surface area contributed by atoms with E-state index in [2.05, 4.69) is 10.2 Å². The molecule has 2 N–H and O–H groups in total. The van der Waals surface area contributed by atoms with Gasteiger partial charge in [0.1, 0.15) is 0 Å². The van der Waals surface area contributed by atoms with Gasteiger partial charge in [-0.2, -0.15) is 0 Å². The second kappa shape index (κ2) is 7.19. The van der Waals surface area contributed by atoms with E-state index in [9.17, 15) is 0 Å². The highest BCUT2D eigenvalue weighted by atomic mass is 16.5. The molecule has 0 amide bonds. The predicted molar refractivity (Wildman–Crippen MR) is 62.6 cm³/mol. The highest BCUT2D eigenvalue weighted by Crippen LogP contribution is 2.15. The van der Waals surface area contributed by atoms with Gasteiger partial charge in [-0.1, -0.05) is 0 Å². The van der Waals surface area contributed by atoms with Crippen LogP contribution in [0.2, 0.25) is 0 Å². The second-order valence-electron chi connectivity index (χ2n) is 4.26. The Morgan fingerprint density at radius 1 is 1.31 bits per heavy atom. The quantitative estimate of drug-likeness (QED) is 0.608. The third-order valence-electron chi connectivity index (χ3n) is 3.32. The van der Waals surface area contributed by atoms with E-state index in [0.29, 0.717) is 0 Å². The van der Waals surface area contributed by atoms with Crippen molar-refractivity contribution in [2.75, 3.05) is 47.5 Å². The number of nitrogens with zero attached hydrogens (tertiary/aromatic N) is 1. The molecule has 96 valence electrons. The molecule has 0 aromatic carbocycles. The summed E-state index contributed by atoms with van der Waals surface area (Å²) in [5.41, 5.74) is 0. The minimum Gasteiger partial charge on any atom is -0.395 e. The summed E-state index contributed by atoms with van der Waals surface area (Å²) in [7, 11) is 5.33. The Bertz CT molecular complexity index is 176. The molecular weight excluding hydrogens is 208 g/mol. The smallest absolute Gasteiger partial charge is 0.0971 e. The van der Waals surface area contributed by atoms with E-state index in [4.69, 9.17) is 14.6 Å². The van der Waals surface area contributed by atoms with Gasteiger partial charge in [0.2, 0.25) is 0 Å². The fourth-order valence-corrected chi connectivity index (χ4v) is 2.12. The molecule has 1 fully saturated rings. The summed E-state index contributed by atoms with van der Waals surface area (Å²) in [5, 5.41) is 12.2. The summed E-state index contributed by atoms with van der Waals surface area (Å²) in [4.78, 5) is 2.32. The third kappa shape index (κ3) is 3.68. The third-order valence-corrected chi connectivity index (χ3v) is 3.32. The molecule has 0 saturated carbocycles. The minimum absolute atomic E-state index is 0.173. The molecule has 0 aromatic rings. The first-order chi connectivity index (χ1) is 7.74. The number of rotatable bonds is 7. The summed E-state index contributed by atoms with van der Waals surface area (Å²) in [6.45, 7) is 2.98. The highest BCUT2D eigenvalue weighted by Gasteiger charge is 2.32. The molecule has 0 radical (unpaired) electrons. The fraction of sp³-hybridized carbons (Fsp3) is 1.00. The maximum absolute atomic E-state index is 9.07. The zero-order chi connectivity index (χ0) is 12.0. The Labute approximate surface area is 97.7 Å². The average molecular weight is 232 g/mol. The van der Waals surface area contributed by atoms with Crippen LogP contribution in [0, 0.1) is 0 Å². The fourth-order valence-electron chi connectivity index (χ4n) is 2.12. The summed E-state index contributed by atoms with van der Waals surface area (Å²) < 4.78 is 10.7. The Balaban J connectivity index is 2.29. The van der Waals surface area contributed by atoms with Crippen molar-refractivity contribution in [2.45, 2.75) is 24.7 Å². The maximum Gasteiger partial charge on any atom is 0.0971 e. The molecule has 1 aliphatic heterocycles. The topological polar surface area (TPSA) is 54.0 Å². The van der Waals surface area contributed by atoms with Gasteiger partial charge in [-0.15, -0.1) is 0 Å². The SMILES string of the molecule is CNC(CO)CCN1CC(OC)C(OC)C1. The van der Waals surface area contributed by atoms with Crippen molar-refractivity contribution in [2.24, 2.45) is 0 Å². The molecule has 5 heteroatoms. The lowest BCUT2D eigenvalue weighted by molar-refractivity contribution is -0.00461. The Morgan fingerprint density at radius 3 is 2.25 bits per heavy atom. The van der Waals surface area contributed by atoms with Crippen LogP contribution in [0.15, 0.2) is 0 Å². The van der Waals surface area contributed by atoms with Gasteiger partial charge in [0.05, 0.1) is 18.8 Å². The molecule has 3 atom stereocenters. The van der Waals surface area contributed by atoms with Crippen LogP contribution in [-0.4, -0.2) is 75.8 Å². The van der Waals surface area contributed by atoms with Crippen LogP contribution in [0.5, 0.6) is 0 Å². The second-order valence-corrected chi connectivity index (χ2v) is 4.26. The number of aliphatic hydroxyl groups excluding tert-OH is 1. The van der Waals surface area contributed by atoms with Crippen molar-refractivity contribution >= 4 is 0 Å². The van der Waals surface area contributed by atoms with Crippen molar-refractivity contribution in [3.63, 3.8) is 0 Å². The van der Waals surface area contributed by atoms with Crippen LogP contribution in [-0.2, 0) is 9.47 Å². The molecule has 0 spiro atoms. The Kier molecular flexibility index (Phi) is 6.23. The summed E-state index contributed by atoms with van der Waals surface area (Å²) in [6.07, 6.45) is 1.29. The van der Waals surface area contributed by atoms with Gasteiger partial charge in [-0.05, 0) is 20.0 Å². The monoisotopic (exact) mass is 232 g/mol. The number of methoxy groups -OCH3 is 2. The molecule has 3 unspecified atom stereocenters. The van der Waals surface area contributed by atoms with Crippen LogP contribution >= 0.6 is 0 Å². The number of likely N-dealkylation sites (tertiary alicyclic amines) is 1. The van der Waals surface area contributed by atoms with Gasteiger partial charge >= 0.3 is 0 Å². The van der Waals surface area contributed by atoms with Crippen molar-refractivity contribution in [1.29, 1.82) is 0 Å². The summed E-state index contributed by atoms with van der Waals surface area (Å²) in [6, 6.07) is 0.183. The van der Waals surface area contributed by atoms with Gasteiger partial charge in [0.25, 0.3) is 0 Å². The normalized spacial score (nSPS) is 28.5. The lowest BCUT2D eigenvalue weighted by Crippen LogP contribution is -2.34. The molecule has 1 rings (SSSR count). The van der Waals surface area contributed by atoms with E-state index >= 15 is 0 Å². The Hall–Kier alpha value is -0.200. The summed E-state index contributed by atoms with van der Waals surface area (Å²) in [5.74, 6) is 0. The highest BCUT2D eigenvalue weighted by molar-refractivity contribution is 4.86. The first-order valence-corrected chi connectivity index (χ1v) is 5.81. The minimum atomic E-state index is 0.173. The zero-order valence-electron chi connectivity index (χ0n) is 10.5. The van der Waals surface area contributed by atoms with Crippen LogP contribution < -0.4 is 5.32 Å². The first-order valence-electron chi connectivity index (χ1n) is 5.81. The van der Waals surface area contributed by atoms with Crippen molar-refractivity contribution < 1.29 is 14.6 Å². The molecule has 1 saturated heterocycles. The number of nitrogens with one attached hydrogen (secondary N) is 1. The lowest BCUT2D eigenvalue weighted by Gasteiger charge is -2.19. The first kappa shape index (κ1) is 13.9. The van der Waals surface area contributed by atoms with E-state index in [0.717, 1.165) is 26.1 Å². The molecule has 1 heterocycles. The van der Waals surface area contributed by atoms with Gasteiger partial charge in [-0.25, -0.2) is 0 Å². The molecular formula is C11H24N2O3. The van der Waals surface area contributed by atoms with Crippen LogP contribution in [0.3, 0.4) is 0 Å². The largest absolute Gasteiger partial charge is 0.395 e. The summed E-state index contributed by atoms with van der Waals surface area (Å²) >= 11 is 0.